The fourth-order valence-electron chi connectivity index (χ4n) is 2.82. The van der Waals surface area contributed by atoms with Crippen molar-refractivity contribution < 1.29 is 13.9 Å². The highest BCUT2D eigenvalue weighted by Gasteiger charge is 2.15. The zero-order valence-electron chi connectivity index (χ0n) is 14.6. The maximum Gasteiger partial charge on any atom is 0.194 e. The predicted molar refractivity (Wildman–Crippen MR) is 105 cm³/mol. The van der Waals surface area contributed by atoms with E-state index in [-0.39, 0.29) is 18.2 Å². The van der Waals surface area contributed by atoms with E-state index in [2.05, 4.69) is 9.97 Å². The third kappa shape index (κ3) is 3.85. The highest BCUT2D eigenvalue weighted by Crippen LogP contribution is 2.26. The molecule has 0 spiro atoms. The van der Waals surface area contributed by atoms with Gasteiger partial charge in [-0.05, 0) is 54.1 Å². The number of rotatable bonds is 5. The first-order chi connectivity index (χ1) is 13.6. The molecule has 0 atom stereocenters. The molecular formula is C22H14ClFN2O2. The zero-order valence-corrected chi connectivity index (χ0v) is 15.4. The fourth-order valence-corrected chi connectivity index (χ4v) is 3.02. The monoisotopic (exact) mass is 392 g/mol. The highest BCUT2D eigenvalue weighted by molar-refractivity contribution is 6.35. The summed E-state index contributed by atoms with van der Waals surface area (Å²) in [6.45, 7) is 0.179. The van der Waals surface area contributed by atoms with E-state index in [1.54, 1.807) is 60.9 Å². The van der Waals surface area contributed by atoms with E-state index in [9.17, 15) is 9.18 Å². The number of fused-ring (bicyclic) bond motifs is 1. The van der Waals surface area contributed by atoms with Crippen molar-refractivity contribution in [1.29, 1.82) is 0 Å². The van der Waals surface area contributed by atoms with E-state index in [0.717, 1.165) is 0 Å². The predicted octanol–water partition coefficient (Wildman–Crippen LogP) is 5.23. The van der Waals surface area contributed by atoms with Crippen LogP contribution < -0.4 is 4.74 Å². The van der Waals surface area contributed by atoms with Crippen LogP contribution in [0.15, 0.2) is 73.1 Å². The summed E-state index contributed by atoms with van der Waals surface area (Å²) < 4.78 is 19.0. The van der Waals surface area contributed by atoms with Gasteiger partial charge < -0.3 is 4.74 Å². The lowest BCUT2D eigenvalue weighted by Gasteiger charge is -2.10. The summed E-state index contributed by atoms with van der Waals surface area (Å²) in [5.74, 6) is -0.0983. The van der Waals surface area contributed by atoms with Crippen molar-refractivity contribution in [2.75, 3.05) is 0 Å². The number of halogens is 2. The largest absolute Gasteiger partial charge is 0.489 e. The maximum absolute atomic E-state index is 13.3. The van der Waals surface area contributed by atoms with Crippen molar-refractivity contribution in [3.63, 3.8) is 0 Å². The van der Waals surface area contributed by atoms with Gasteiger partial charge in [0.2, 0.25) is 0 Å². The lowest BCUT2D eigenvalue weighted by atomic mass is 10.0. The van der Waals surface area contributed by atoms with Gasteiger partial charge in [0.1, 0.15) is 18.2 Å². The second-order valence-corrected chi connectivity index (χ2v) is 6.56. The van der Waals surface area contributed by atoms with Crippen LogP contribution in [0.2, 0.25) is 5.02 Å². The Hall–Kier alpha value is -3.31. The molecule has 3 aromatic carbocycles. The molecule has 4 aromatic rings. The first kappa shape index (κ1) is 18.1. The van der Waals surface area contributed by atoms with Crippen molar-refractivity contribution >= 4 is 28.4 Å². The van der Waals surface area contributed by atoms with Gasteiger partial charge in [0.25, 0.3) is 0 Å². The van der Waals surface area contributed by atoms with Gasteiger partial charge in [0, 0.05) is 23.5 Å². The molecule has 0 aliphatic carbocycles. The van der Waals surface area contributed by atoms with E-state index in [0.29, 0.717) is 38.5 Å². The standard InChI is InChI=1S/C22H14ClFN2O2/c23-19-6-5-17(28-13-14-2-1-3-16(24)10-14)12-18(19)22(27)15-4-7-20-21(11-15)26-9-8-25-20/h1-12H,13H2. The molecule has 0 aliphatic heterocycles. The minimum absolute atomic E-state index is 0.179. The van der Waals surface area contributed by atoms with Crippen molar-refractivity contribution in [2.24, 2.45) is 0 Å². The Bertz CT molecular complexity index is 1180. The van der Waals surface area contributed by atoms with Crippen LogP contribution in [0.4, 0.5) is 4.39 Å². The number of carbonyl (C=O) groups is 1. The Balaban J connectivity index is 1.59. The summed E-state index contributed by atoms with van der Waals surface area (Å²) in [6.07, 6.45) is 3.17. The van der Waals surface area contributed by atoms with Crippen molar-refractivity contribution in [1.82, 2.24) is 9.97 Å². The highest BCUT2D eigenvalue weighted by atomic mass is 35.5. The van der Waals surface area contributed by atoms with E-state index in [1.165, 1.54) is 12.1 Å². The smallest absolute Gasteiger partial charge is 0.194 e. The Morgan fingerprint density at radius 3 is 2.61 bits per heavy atom. The normalized spacial score (nSPS) is 10.8. The number of hydrogen-bond acceptors (Lipinski definition) is 4. The number of hydrogen-bond donors (Lipinski definition) is 0. The molecule has 4 rings (SSSR count). The first-order valence-corrected chi connectivity index (χ1v) is 8.90. The second-order valence-electron chi connectivity index (χ2n) is 6.15. The van der Waals surface area contributed by atoms with Crippen LogP contribution in [0.25, 0.3) is 11.0 Å². The van der Waals surface area contributed by atoms with Crippen LogP contribution in [0.1, 0.15) is 21.5 Å². The molecule has 0 radical (unpaired) electrons. The molecule has 6 heteroatoms. The SMILES string of the molecule is O=C(c1ccc2nccnc2c1)c1cc(OCc2cccc(F)c2)ccc1Cl. The molecule has 28 heavy (non-hydrogen) atoms. The molecule has 1 aromatic heterocycles. The maximum atomic E-state index is 13.3. The second kappa shape index (κ2) is 7.74. The number of ether oxygens (including phenoxy) is 1. The van der Waals surface area contributed by atoms with Gasteiger partial charge in [-0.25, -0.2) is 4.39 Å². The van der Waals surface area contributed by atoms with Crippen LogP contribution >= 0.6 is 11.6 Å². The van der Waals surface area contributed by atoms with Gasteiger partial charge in [-0.2, -0.15) is 0 Å². The minimum Gasteiger partial charge on any atom is -0.489 e. The molecule has 0 amide bonds. The average Bonchev–Trinajstić information content (AvgIpc) is 2.72. The molecule has 0 saturated carbocycles. The molecule has 0 aliphatic rings. The molecule has 0 unspecified atom stereocenters. The lowest BCUT2D eigenvalue weighted by molar-refractivity contribution is 0.103. The minimum atomic E-state index is -0.326. The number of carbonyl (C=O) groups excluding carboxylic acids is 1. The number of ketones is 1. The van der Waals surface area contributed by atoms with Gasteiger partial charge >= 0.3 is 0 Å². The average molecular weight is 393 g/mol. The van der Waals surface area contributed by atoms with Gasteiger partial charge in [0.05, 0.1) is 16.1 Å². The number of benzene rings is 3. The first-order valence-electron chi connectivity index (χ1n) is 8.52. The number of aromatic nitrogens is 2. The Kier molecular flexibility index (Phi) is 5.00. The van der Waals surface area contributed by atoms with Crippen molar-refractivity contribution in [3.05, 3.63) is 101 Å². The van der Waals surface area contributed by atoms with E-state index in [4.69, 9.17) is 16.3 Å². The summed E-state index contributed by atoms with van der Waals surface area (Å²) in [6, 6.07) is 16.1. The van der Waals surface area contributed by atoms with E-state index < -0.39 is 0 Å². The molecule has 138 valence electrons. The molecule has 0 fully saturated rings. The summed E-state index contributed by atoms with van der Waals surface area (Å²) in [5, 5.41) is 0.322. The van der Waals surface area contributed by atoms with E-state index >= 15 is 0 Å². The van der Waals surface area contributed by atoms with Crippen molar-refractivity contribution in [2.45, 2.75) is 6.61 Å². The molecule has 0 N–H and O–H groups in total. The quantitative estimate of drug-likeness (QED) is 0.436. The van der Waals surface area contributed by atoms with Crippen LogP contribution in [0.5, 0.6) is 5.75 Å². The third-order valence-corrected chi connectivity index (χ3v) is 4.54. The van der Waals surface area contributed by atoms with Crippen LogP contribution in [0, 0.1) is 5.82 Å². The Labute approximate surface area is 165 Å². The molecule has 4 nitrogen and oxygen atoms in total. The number of nitrogens with zero attached hydrogens (tertiary/aromatic N) is 2. The van der Waals surface area contributed by atoms with Gasteiger partial charge in [-0.1, -0.05) is 23.7 Å². The summed E-state index contributed by atoms with van der Waals surface area (Å²) in [5.41, 5.74) is 2.80. The third-order valence-electron chi connectivity index (χ3n) is 4.21. The molecule has 0 bridgehead atoms. The summed E-state index contributed by atoms with van der Waals surface area (Å²) in [4.78, 5) is 21.4. The lowest BCUT2D eigenvalue weighted by Crippen LogP contribution is -2.04. The van der Waals surface area contributed by atoms with Crippen molar-refractivity contribution in [3.8, 4) is 5.75 Å². The van der Waals surface area contributed by atoms with Crippen LogP contribution in [-0.2, 0) is 6.61 Å². The van der Waals surface area contributed by atoms with Gasteiger partial charge in [-0.15, -0.1) is 0 Å². The van der Waals surface area contributed by atoms with E-state index in [1.807, 2.05) is 0 Å². The topological polar surface area (TPSA) is 52.1 Å². The van der Waals surface area contributed by atoms with Gasteiger partial charge in [-0.3, -0.25) is 14.8 Å². The molecule has 1 heterocycles. The zero-order chi connectivity index (χ0) is 19.5. The Morgan fingerprint density at radius 2 is 1.79 bits per heavy atom. The van der Waals surface area contributed by atoms with Crippen LogP contribution in [-0.4, -0.2) is 15.8 Å². The Morgan fingerprint density at radius 1 is 0.964 bits per heavy atom. The molecular weight excluding hydrogens is 379 g/mol. The molecule has 0 saturated heterocycles. The van der Waals surface area contributed by atoms with Gasteiger partial charge in [0.15, 0.2) is 5.78 Å². The fraction of sp³-hybridized carbons (Fsp3) is 0.0455. The summed E-state index contributed by atoms with van der Waals surface area (Å²) in [7, 11) is 0. The summed E-state index contributed by atoms with van der Waals surface area (Å²) >= 11 is 6.24. The van der Waals surface area contributed by atoms with Crippen LogP contribution in [0.3, 0.4) is 0 Å².